The number of amides is 1. The van der Waals surface area contributed by atoms with E-state index in [4.69, 9.17) is 4.74 Å². The maximum absolute atomic E-state index is 12.5. The first-order valence-corrected chi connectivity index (χ1v) is 11.0. The maximum atomic E-state index is 12.5. The number of ether oxygens (including phenoxy) is 1. The van der Waals surface area contributed by atoms with Gasteiger partial charge in [-0.25, -0.2) is 8.42 Å². The van der Waals surface area contributed by atoms with Crippen LogP contribution in [-0.4, -0.2) is 39.1 Å². The Morgan fingerprint density at radius 1 is 1.15 bits per heavy atom. The Balaban J connectivity index is 1.46. The van der Waals surface area contributed by atoms with Gasteiger partial charge in [-0.05, 0) is 54.7 Å². The average molecular weight is 388 g/mol. The minimum absolute atomic E-state index is 0.118. The third-order valence-electron chi connectivity index (χ3n) is 5.02. The van der Waals surface area contributed by atoms with E-state index in [9.17, 15) is 13.2 Å². The van der Waals surface area contributed by atoms with Crippen molar-refractivity contribution < 1.29 is 17.9 Å². The van der Waals surface area contributed by atoms with E-state index in [1.54, 1.807) is 12.1 Å². The van der Waals surface area contributed by atoms with Gasteiger partial charge in [0.05, 0.1) is 17.5 Å². The van der Waals surface area contributed by atoms with Gasteiger partial charge in [-0.1, -0.05) is 24.3 Å². The summed E-state index contributed by atoms with van der Waals surface area (Å²) in [6.45, 7) is 0.416. The van der Waals surface area contributed by atoms with Gasteiger partial charge in [-0.2, -0.15) is 0 Å². The summed E-state index contributed by atoms with van der Waals surface area (Å²) >= 11 is 0. The minimum Gasteiger partial charge on any atom is -0.494 e. The molecule has 0 aliphatic heterocycles. The first kappa shape index (κ1) is 19.4. The van der Waals surface area contributed by atoms with Crippen LogP contribution in [0.4, 0.5) is 0 Å². The van der Waals surface area contributed by atoms with Crippen molar-refractivity contribution in [2.24, 2.45) is 0 Å². The molecule has 6 heteroatoms. The normalized spacial score (nSPS) is 16.0. The maximum Gasteiger partial charge on any atom is 0.222 e. The van der Waals surface area contributed by atoms with Gasteiger partial charge in [0.2, 0.25) is 5.91 Å². The molecule has 27 heavy (non-hydrogen) atoms. The Bertz CT molecular complexity index is 906. The average Bonchev–Trinajstić information content (AvgIpc) is 3.08. The van der Waals surface area contributed by atoms with Gasteiger partial charge in [-0.15, -0.1) is 0 Å². The van der Waals surface area contributed by atoms with Crippen molar-refractivity contribution in [3.63, 3.8) is 0 Å². The van der Waals surface area contributed by atoms with Crippen LogP contribution in [0.25, 0.3) is 0 Å². The first-order valence-electron chi connectivity index (χ1n) is 9.12. The second-order valence-electron chi connectivity index (χ2n) is 6.95. The van der Waals surface area contributed by atoms with Gasteiger partial charge in [0.25, 0.3) is 0 Å². The molecular formula is C21H25NO4S. The number of carbonyl (C=O) groups is 1. The molecule has 0 saturated carbocycles. The summed E-state index contributed by atoms with van der Waals surface area (Å²) in [6.07, 6.45) is 4.21. The number of nitrogens with zero attached hydrogens (tertiary/aromatic N) is 1. The molecule has 0 fully saturated rings. The molecule has 2 aromatic carbocycles. The Morgan fingerprint density at radius 2 is 1.85 bits per heavy atom. The van der Waals surface area contributed by atoms with Crippen molar-refractivity contribution >= 4 is 15.7 Å². The fourth-order valence-electron chi connectivity index (χ4n) is 3.48. The van der Waals surface area contributed by atoms with Crippen LogP contribution in [0.1, 0.15) is 36.4 Å². The second-order valence-corrected chi connectivity index (χ2v) is 8.97. The quantitative estimate of drug-likeness (QED) is 0.683. The predicted octanol–water partition coefficient (Wildman–Crippen LogP) is 3.40. The van der Waals surface area contributed by atoms with Crippen LogP contribution in [0, 0.1) is 0 Å². The molecule has 0 aromatic heterocycles. The first-order chi connectivity index (χ1) is 12.9. The number of benzene rings is 2. The van der Waals surface area contributed by atoms with Crippen molar-refractivity contribution in [3.05, 3.63) is 59.7 Å². The molecule has 1 unspecified atom stereocenters. The lowest BCUT2D eigenvalue weighted by Gasteiger charge is -2.25. The summed E-state index contributed by atoms with van der Waals surface area (Å²) in [4.78, 5) is 14.6. The lowest BCUT2D eigenvalue weighted by Crippen LogP contribution is -2.30. The van der Waals surface area contributed by atoms with Gasteiger partial charge in [-0.3, -0.25) is 4.79 Å². The molecule has 0 radical (unpaired) electrons. The summed E-state index contributed by atoms with van der Waals surface area (Å²) in [5.41, 5.74) is 2.60. The molecule has 3 rings (SSSR count). The van der Waals surface area contributed by atoms with E-state index in [0.29, 0.717) is 25.2 Å². The summed E-state index contributed by atoms with van der Waals surface area (Å²) in [6, 6.07) is 14.8. The Morgan fingerprint density at radius 3 is 2.56 bits per heavy atom. The highest BCUT2D eigenvalue weighted by molar-refractivity contribution is 7.90. The molecule has 0 spiro atoms. The standard InChI is InChI=1S/C21H25NO4S/c1-22(20-14-9-16-6-3-4-7-19(16)20)21(23)8-5-15-26-17-10-12-18(13-11-17)27(2,24)25/h3-4,6-7,10-13,20H,5,8-9,14-15H2,1-2H3. The van der Waals surface area contributed by atoms with Gasteiger partial charge < -0.3 is 9.64 Å². The van der Waals surface area contributed by atoms with Gasteiger partial charge in [0.15, 0.2) is 9.84 Å². The van der Waals surface area contributed by atoms with Gasteiger partial charge >= 0.3 is 0 Å². The monoisotopic (exact) mass is 387 g/mol. The molecule has 0 saturated heterocycles. The van der Waals surface area contributed by atoms with E-state index < -0.39 is 9.84 Å². The molecule has 144 valence electrons. The lowest BCUT2D eigenvalue weighted by molar-refractivity contribution is -0.132. The predicted molar refractivity (Wildman–Crippen MR) is 105 cm³/mol. The number of rotatable bonds is 7. The van der Waals surface area contributed by atoms with Crippen LogP contribution in [-0.2, 0) is 21.1 Å². The van der Waals surface area contributed by atoms with Gasteiger partial charge in [0, 0.05) is 19.7 Å². The number of fused-ring (bicyclic) bond motifs is 1. The van der Waals surface area contributed by atoms with Crippen LogP contribution in [0.5, 0.6) is 5.75 Å². The highest BCUT2D eigenvalue weighted by Crippen LogP contribution is 2.35. The molecular weight excluding hydrogens is 362 g/mol. The highest BCUT2D eigenvalue weighted by atomic mass is 32.2. The Kier molecular flexibility index (Phi) is 5.85. The van der Waals surface area contributed by atoms with Crippen LogP contribution in [0.3, 0.4) is 0 Å². The molecule has 0 heterocycles. The molecule has 0 N–H and O–H groups in total. The van der Waals surface area contributed by atoms with Crippen molar-refractivity contribution in [1.29, 1.82) is 0 Å². The number of carbonyl (C=O) groups excluding carboxylic acids is 1. The van der Waals surface area contributed by atoms with E-state index in [2.05, 4.69) is 12.1 Å². The zero-order chi connectivity index (χ0) is 19.4. The number of sulfone groups is 1. The lowest BCUT2D eigenvalue weighted by atomic mass is 10.1. The van der Waals surface area contributed by atoms with Crippen molar-refractivity contribution in [2.75, 3.05) is 19.9 Å². The van der Waals surface area contributed by atoms with Crippen LogP contribution < -0.4 is 4.74 Å². The van der Waals surface area contributed by atoms with E-state index in [0.717, 1.165) is 12.8 Å². The summed E-state index contributed by atoms with van der Waals surface area (Å²) in [7, 11) is -1.33. The Hall–Kier alpha value is -2.34. The van der Waals surface area contributed by atoms with Crippen LogP contribution in [0.15, 0.2) is 53.4 Å². The van der Waals surface area contributed by atoms with Crippen molar-refractivity contribution in [2.45, 2.75) is 36.6 Å². The second kappa shape index (κ2) is 8.13. The molecule has 2 aromatic rings. The van der Waals surface area contributed by atoms with Crippen molar-refractivity contribution in [3.8, 4) is 5.75 Å². The summed E-state index contributed by atoms with van der Waals surface area (Å²) in [5, 5.41) is 0. The van der Waals surface area contributed by atoms with E-state index >= 15 is 0 Å². The van der Waals surface area contributed by atoms with E-state index in [-0.39, 0.29) is 16.8 Å². The van der Waals surface area contributed by atoms with Gasteiger partial charge in [0.1, 0.15) is 5.75 Å². The minimum atomic E-state index is -3.20. The summed E-state index contributed by atoms with van der Waals surface area (Å²) < 4.78 is 28.5. The number of hydrogen-bond acceptors (Lipinski definition) is 4. The van der Waals surface area contributed by atoms with Crippen molar-refractivity contribution in [1.82, 2.24) is 4.90 Å². The molecule has 1 aliphatic carbocycles. The smallest absolute Gasteiger partial charge is 0.222 e. The molecule has 5 nitrogen and oxygen atoms in total. The SMILES string of the molecule is CN(C(=O)CCCOc1ccc(S(C)(=O)=O)cc1)C1CCc2ccccc21. The third-order valence-corrected chi connectivity index (χ3v) is 6.15. The highest BCUT2D eigenvalue weighted by Gasteiger charge is 2.27. The zero-order valence-corrected chi connectivity index (χ0v) is 16.5. The fourth-order valence-corrected chi connectivity index (χ4v) is 4.11. The molecule has 1 amide bonds. The van der Waals surface area contributed by atoms with Crippen LogP contribution >= 0.6 is 0 Å². The van der Waals surface area contributed by atoms with Crippen LogP contribution in [0.2, 0.25) is 0 Å². The van der Waals surface area contributed by atoms with E-state index in [1.807, 2.05) is 24.1 Å². The molecule has 0 bridgehead atoms. The topological polar surface area (TPSA) is 63.7 Å². The summed E-state index contributed by atoms with van der Waals surface area (Å²) in [5.74, 6) is 0.723. The molecule has 1 atom stereocenters. The number of aryl methyl sites for hydroxylation is 1. The third kappa shape index (κ3) is 4.69. The molecule has 1 aliphatic rings. The fraction of sp³-hybridized carbons (Fsp3) is 0.381. The zero-order valence-electron chi connectivity index (χ0n) is 15.7. The van der Waals surface area contributed by atoms with E-state index in [1.165, 1.54) is 29.5 Å². The largest absolute Gasteiger partial charge is 0.494 e. The Labute approximate surface area is 160 Å². The number of hydrogen-bond donors (Lipinski definition) is 0.